The van der Waals surface area contributed by atoms with Crippen LogP contribution in [0.3, 0.4) is 0 Å². The van der Waals surface area contributed by atoms with E-state index in [1.54, 1.807) is 0 Å². The van der Waals surface area contributed by atoms with Crippen LogP contribution < -0.4 is 5.73 Å². The zero-order valence-electron chi connectivity index (χ0n) is 8.83. The summed E-state index contributed by atoms with van der Waals surface area (Å²) in [6.07, 6.45) is 5.33. The van der Waals surface area contributed by atoms with E-state index in [4.69, 9.17) is 5.73 Å². The zero-order valence-corrected chi connectivity index (χ0v) is 9.64. The summed E-state index contributed by atoms with van der Waals surface area (Å²) in [7, 11) is -3.10. The lowest BCUT2D eigenvalue weighted by molar-refractivity contribution is 0.0954. The number of sulfone groups is 1. The molecule has 0 saturated carbocycles. The van der Waals surface area contributed by atoms with Crippen molar-refractivity contribution in [2.24, 2.45) is 5.73 Å². The number of carbonyl (C=O) groups is 1. The van der Waals surface area contributed by atoms with Gasteiger partial charge >= 0.3 is 0 Å². The molecule has 16 heavy (non-hydrogen) atoms. The van der Waals surface area contributed by atoms with Gasteiger partial charge in [-0.05, 0) is 6.42 Å². The van der Waals surface area contributed by atoms with E-state index in [1.807, 2.05) is 0 Å². The Morgan fingerprint density at radius 1 is 1.50 bits per heavy atom. The van der Waals surface area contributed by atoms with Crippen LogP contribution >= 0.6 is 0 Å². The van der Waals surface area contributed by atoms with E-state index < -0.39 is 21.7 Å². The van der Waals surface area contributed by atoms with Gasteiger partial charge in [-0.25, -0.2) is 13.4 Å². The van der Waals surface area contributed by atoms with Gasteiger partial charge in [0.2, 0.25) is 0 Å². The van der Waals surface area contributed by atoms with Crippen molar-refractivity contribution in [2.45, 2.75) is 12.5 Å². The number of Topliss-reactive ketones (excluding diaryl/α,β-unsaturated/α-hetero) is 1. The third-order valence-electron chi connectivity index (χ3n) is 1.95. The van der Waals surface area contributed by atoms with Crippen LogP contribution in [0.4, 0.5) is 0 Å². The van der Waals surface area contributed by atoms with Gasteiger partial charge in [-0.15, -0.1) is 0 Å². The van der Waals surface area contributed by atoms with Gasteiger partial charge in [0.1, 0.15) is 15.5 Å². The molecular weight excluding hydrogens is 230 g/mol. The molecule has 0 bridgehead atoms. The largest absolute Gasteiger partial charge is 0.321 e. The molecule has 1 aromatic rings. The maximum Gasteiger partial charge on any atom is 0.199 e. The minimum Gasteiger partial charge on any atom is -0.321 e. The van der Waals surface area contributed by atoms with E-state index in [2.05, 4.69) is 9.97 Å². The highest BCUT2D eigenvalue weighted by Gasteiger charge is 2.18. The maximum atomic E-state index is 11.6. The summed E-state index contributed by atoms with van der Waals surface area (Å²) in [5, 5.41) is 0. The highest BCUT2D eigenvalue weighted by molar-refractivity contribution is 7.90. The molecule has 0 amide bonds. The first-order valence-corrected chi connectivity index (χ1v) is 6.70. The number of nitrogens with two attached hydrogens (primary N) is 1. The third kappa shape index (κ3) is 4.03. The second-order valence-electron chi connectivity index (χ2n) is 3.48. The van der Waals surface area contributed by atoms with Gasteiger partial charge in [0.25, 0.3) is 0 Å². The average molecular weight is 243 g/mol. The summed E-state index contributed by atoms with van der Waals surface area (Å²) < 4.78 is 21.8. The van der Waals surface area contributed by atoms with E-state index in [-0.39, 0.29) is 17.9 Å². The topological polar surface area (TPSA) is 103 Å². The second kappa shape index (κ2) is 5.13. The quantitative estimate of drug-likeness (QED) is 0.694. The van der Waals surface area contributed by atoms with Gasteiger partial charge in [-0.3, -0.25) is 9.78 Å². The molecule has 7 heteroatoms. The van der Waals surface area contributed by atoms with Gasteiger partial charge in [0, 0.05) is 18.6 Å². The lowest BCUT2D eigenvalue weighted by Gasteiger charge is -2.08. The van der Waals surface area contributed by atoms with Crippen LogP contribution in [0.25, 0.3) is 0 Å². The molecule has 2 N–H and O–H groups in total. The lowest BCUT2D eigenvalue weighted by Crippen LogP contribution is -2.33. The van der Waals surface area contributed by atoms with Crippen LogP contribution in [0.2, 0.25) is 0 Å². The number of aromatic nitrogens is 2. The van der Waals surface area contributed by atoms with E-state index in [1.165, 1.54) is 18.6 Å². The van der Waals surface area contributed by atoms with Crippen molar-refractivity contribution < 1.29 is 13.2 Å². The fourth-order valence-corrected chi connectivity index (χ4v) is 1.77. The van der Waals surface area contributed by atoms with Crippen LogP contribution in [0.1, 0.15) is 16.9 Å². The summed E-state index contributed by atoms with van der Waals surface area (Å²) in [6.45, 7) is 0. The minimum atomic E-state index is -3.10. The number of rotatable bonds is 5. The molecule has 0 radical (unpaired) electrons. The molecule has 0 saturated heterocycles. The van der Waals surface area contributed by atoms with Crippen molar-refractivity contribution in [1.29, 1.82) is 0 Å². The fraction of sp³-hybridized carbons (Fsp3) is 0.444. The summed E-state index contributed by atoms with van der Waals surface area (Å²) >= 11 is 0. The number of hydrogen-bond donors (Lipinski definition) is 1. The number of carbonyl (C=O) groups excluding carboxylic acids is 1. The van der Waals surface area contributed by atoms with Gasteiger partial charge in [0.05, 0.1) is 18.0 Å². The molecule has 0 aliphatic heterocycles. The Bertz CT molecular complexity index is 458. The van der Waals surface area contributed by atoms with Gasteiger partial charge in [-0.1, -0.05) is 0 Å². The van der Waals surface area contributed by atoms with Crippen molar-refractivity contribution >= 4 is 15.6 Å². The Kier molecular flexibility index (Phi) is 4.08. The number of ketones is 1. The highest BCUT2D eigenvalue weighted by Crippen LogP contribution is 2.01. The average Bonchev–Trinajstić information content (AvgIpc) is 2.25. The number of nitrogens with zero attached hydrogens (tertiary/aromatic N) is 2. The molecule has 0 aliphatic carbocycles. The van der Waals surface area contributed by atoms with E-state index in [0.29, 0.717) is 0 Å². The summed E-state index contributed by atoms with van der Waals surface area (Å²) in [4.78, 5) is 19.2. The van der Waals surface area contributed by atoms with Crippen molar-refractivity contribution in [3.8, 4) is 0 Å². The second-order valence-corrected chi connectivity index (χ2v) is 5.74. The van der Waals surface area contributed by atoms with Crippen LogP contribution in [0, 0.1) is 0 Å². The molecule has 0 fully saturated rings. The van der Waals surface area contributed by atoms with Crippen LogP contribution in [0.15, 0.2) is 18.6 Å². The first-order valence-electron chi connectivity index (χ1n) is 4.63. The van der Waals surface area contributed by atoms with E-state index in [9.17, 15) is 13.2 Å². The smallest absolute Gasteiger partial charge is 0.199 e. The molecule has 0 spiro atoms. The predicted octanol–water partition coefficient (Wildman–Crippen LogP) is -0.579. The molecule has 1 aromatic heterocycles. The monoisotopic (exact) mass is 243 g/mol. The maximum absolute atomic E-state index is 11.6. The van der Waals surface area contributed by atoms with Crippen molar-refractivity contribution in [3.05, 3.63) is 24.3 Å². The van der Waals surface area contributed by atoms with Gasteiger partial charge in [0.15, 0.2) is 5.78 Å². The van der Waals surface area contributed by atoms with Crippen molar-refractivity contribution in [2.75, 3.05) is 12.0 Å². The summed E-state index contributed by atoms with van der Waals surface area (Å²) in [5.41, 5.74) is 5.73. The third-order valence-corrected chi connectivity index (χ3v) is 2.93. The first-order chi connectivity index (χ1) is 7.40. The lowest BCUT2D eigenvalue weighted by atomic mass is 10.1. The predicted molar refractivity (Wildman–Crippen MR) is 58.7 cm³/mol. The minimum absolute atomic E-state index is 0.0915. The zero-order chi connectivity index (χ0) is 12.2. The molecule has 1 unspecified atom stereocenters. The Hall–Kier alpha value is -1.34. The Balaban J connectivity index is 2.62. The van der Waals surface area contributed by atoms with E-state index in [0.717, 1.165) is 6.26 Å². The first kappa shape index (κ1) is 12.7. The Morgan fingerprint density at radius 3 is 2.69 bits per heavy atom. The van der Waals surface area contributed by atoms with Crippen molar-refractivity contribution in [3.63, 3.8) is 0 Å². The fourth-order valence-electron chi connectivity index (χ4n) is 1.09. The standard InChI is InChI=1S/C9H13N3O3S/c1-16(14,15)5-2-7(10)9(13)8-6-11-3-4-12-8/h3-4,6-7H,2,5,10H2,1H3. The normalized spacial score (nSPS) is 13.4. The van der Waals surface area contributed by atoms with Crippen LogP contribution in [-0.2, 0) is 9.84 Å². The Labute approximate surface area is 93.8 Å². The SMILES string of the molecule is CS(=O)(=O)CCC(N)C(=O)c1cnccn1. The van der Waals surface area contributed by atoms with Gasteiger partial charge in [-0.2, -0.15) is 0 Å². The molecule has 1 rings (SSSR count). The molecule has 88 valence electrons. The summed E-state index contributed by atoms with van der Waals surface area (Å²) in [6, 6.07) is -0.855. The molecule has 0 aromatic carbocycles. The molecular formula is C9H13N3O3S. The Morgan fingerprint density at radius 2 is 2.19 bits per heavy atom. The van der Waals surface area contributed by atoms with Crippen molar-refractivity contribution in [1.82, 2.24) is 9.97 Å². The summed E-state index contributed by atoms with van der Waals surface area (Å²) in [5.74, 6) is -0.503. The molecule has 1 atom stereocenters. The van der Waals surface area contributed by atoms with Gasteiger partial charge < -0.3 is 5.73 Å². The van der Waals surface area contributed by atoms with Crippen LogP contribution in [0.5, 0.6) is 0 Å². The molecule has 6 nitrogen and oxygen atoms in total. The van der Waals surface area contributed by atoms with E-state index >= 15 is 0 Å². The van der Waals surface area contributed by atoms with Crippen LogP contribution in [-0.4, -0.2) is 42.2 Å². The number of hydrogen-bond acceptors (Lipinski definition) is 6. The molecule has 0 aliphatic rings. The highest BCUT2D eigenvalue weighted by atomic mass is 32.2. The molecule has 1 heterocycles.